The molecule has 1 saturated heterocycles. The van der Waals surface area contributed by atoms with Crippen LogP contribution in [0.25, 0.3) is 6.08 Å². The van der Waals surface area contributed by atoms with E-state index in [2.05, 4.69) is 10.6 Å². The lowest BCUT2D eigenvalue weighted by molar-refractivity contribution is -0.132. The molecule has 5 atom stereocenters. The average Bonchev–Trinajstić information content (AvgIpc) is 3.35. The molecule has 0 aromatic heterocycles. The molecule has 5 rings (SSSR count). The Bertz CT molecular complexity index is 821. The van der Waals surface area contributed by atoms with Gasteiger partial charge in [0.1, 0.15) is 0 Å². The molecule has 28 heavy (non-hydrogen) atoms. The molecule has 0 bridgehead atoms. The Hall–Kier alpha value is -2.50. The molecule has 1 aromatic carbocycles. The summed E-state index contributed by atoms with van der Waals surface area (Å²) >= 11 is 0. The van der Waals surface area contributed by atoms with Crippen LogP contribution in [0.5, 0.6) is 11.5 Å². The molecule has 5 unspecified atom stereocenters. The van der Waals surface area contributed by atoms with E-state index in [0.29, 0.717) is 17.6 Å². The zero-order chi connectivity index (χ0) is 19.1. The maximum atomic E-state index is 12.4. The molecule has 2 aliphatic carbocycles. The van der Waals surface area contributed by atoms with Crippen molar-refractivity contribution in [3.05, 3.63) is 29.8 Å². The monoisotopic (exact) mass is 382 g/mol. The summed E-state index contributed by atoms with van der Waals surface area (Å²) in [5.74, 6) is 2.96. The van der Waals surface area contributed by atoms with Gasteiger partial charge in [-0.15, -0.1) is 0 Å². The Labute approximate surface area is 164 Å². The van der Waals surface area contributed by atoms with Gasteiger partial charge in [-0.1, -0.05) is 12.5 Å². The maximum absolute atomic E-state index is 12.4. The zero-order valence-electron chi connectivity index (χ0n) is 15.9. The Kier molecular flexibility index (Phi) is 4.49. The summed E-state index contributed by atoms with van der Waals surface area (Å²) < 4.78 is 10.7. The van der Waals surface area contributed by atoms with Crippen LogP contribution in [0, 0.1) is 17.8 Å². The second-order valence-corrected chi connectivity index (χ2v) is 8.44. The summed E-state index contributed by atoms with van der Waals surface area (Å²) in [5, 5.41) is 6.36. The molecule has 148 valence electrons. The van der Waals surface area contributed by atoms with Crippen LogP contribution in [0.3, 0.4) is 0 Å². The van der Waals surface area contributed by atoms with Crippen LogP contribution in [0.15, 0.2) is 24.3 Å². The average molecular weight is 382 g/mol. The van der Waals surface area contributed by atoms with Gasteiger partial charge in [0.15, 0.2) is 11.5 Å². The highest BCUT2D eigenvalue weighted by Gasteiger charge is 2.47. The Balaban J connectivity index is 1.18. The fourth-order valence-electron chi connectivity index (χ4n) is 5.56. The number of nitrogens with one attached hydrogen (secondary N) is 2. The van der Waals surface area contributed by atoms with Crippen LogP contribution in [-0.4, -0.2) is 30.7 Å². The summed E-state index contributed by atoms with van der Waals surface area (Å²) in [4.78, 5) is 24.8. The molecule has 4 aliphatic rings. The minimum atomic E-state index is -0.0954. The lowest BCUT2D eigenvalue weighted by Gasteiger charge is -2.45. The highest BCUT2D eigenvalue weighted by Crippen LogP contribution is 2.46. The van der Waals surface area contributed by atoms with Crippen molar-refractivity contribution in [3.63, 3.8) is 0 Å². The molecule has 6 nitrogen and oxygen atoms in total. The first kappa shape index (κ1) is 17.6. The molecule has 1 aromatic rings. The Morgan fingerprint density at radius 3 is 2.93 bits per heavy atom. The number of fused-ring (bicyclic) bond motifs is 4. The van der Waals surface area contributed by atoms with Crippen molar-refractivity contribution in [1.29, 1.82) is 0 Å². The van der Waals surface area contributed by atoms with Gasteiger partial charge in [0.25, 0.3) is 0 Å². The van der Waals surface area contributed by atoms with Crippen molar-refractivity contribution in [2.24, 2.45) is 17.8 Å². The van der Waals surface area contributed by atoms with Gasteiger partial charge in [-0.2, -0.15) is 0 Å². The summed E-state index contributed by atoms with van der Waals surface area (Å²) in [7, 11) is 0. The highest BCUT2D eigenvalue weighted by molar-refractivity contribution is 5.92. The Morgan fingerprint density at radius 1 is 1.11 bits per heavy atom. The minimum absolute atomic E-state index is 0.0954. The molecule has 2 saturated carbocycles. The molecule has 6 heteroatoms. The van der Waals surface area contributed by atoms with Crippen LogP contribution in [0.2, 0.25) is 0 Å². The van der Waals surface area contributed by atoms with Crippen molar-refractivity contribution in [2.75, 3.05) is 6.79 Å². The summed E-state index contributed by atoms with van der Waals surface area (Å²) in [5.41, 5.74) is 0.898. The fraction of sp³-hybridized carbons (Fsp3) is 0.545. The first-order chi connectivity index (χ1) is 13.7. The predicted octanol–water partition coefficient (Wildman–Crippen LogP) is 2.63. The largest absolute Gasteiger partial charge is 0.454 e. The van der Waals surface area contributed by atoms with Crippen molar-refractivity contribution in [2.45, 2.75) is 50.6 Å². The van der Waals surface area contributed by atoms with Crippen LogP contribution < -0.4 is 20.1 Å². The number of amides is 2. The SMILES string of the molecule is O=C(/C=C\c1ccc2c(c1)OCO2)NC1CCC2C(C1)NC(=O)C1CCCC12. The third-order valence-corrected chi connectivity index (χ3v) is 6.86. The fourth-order valence-corrected chi connectivity index (χ4v) is 5.56. The smallest absolute Gasteiger partial charge is 0.244 e. The molecule has 0 radical (unpaired) electrons. The van der Waals surface area contributed by atoms with E-state index in [9.17, 15) is 9.59 Å². The van der Waals surface area contributed by atoms with Crippen LogP contribution in [0.4, 0.5) is 0 Å². The van der Waals surface area contributed by atoms with Crippen LogP contribution in [-0.2, 0) is 9.59 Å². The van der Waals surface area contributed by atoms with Gasteiger partial charge >= 0.3 is 0 Å². The molecule has 0 spiro atoms. The van der Waals surface area contributed by atoms with Crippen LogP contribution >= 0.6 is 0 Å². The molecule has 2 amide bonds. The van der Waals surface area contributed by atoms with Crippen molar-refractivity contribution in [1.82, 2.24) is 10.6 Å². The molecule has 2 heterocycles. The highest BCUT2D eigenvalue weighted by atomic mass is 16.7. The third-order valence-electron chi connectivity index (χ3n) is 6.86. The van der Waals surface area contributed by atoms with Crippen LogP contribution in [0.1, 0.15) is 44.1 Å². The predicted molar refractivity (Wildman–Crippen MR) is 104 cm³/mol. The molecular weight excluding hydrogens is 356 g/mol. The maximum Gasteiger partial charge on any atom is 0.244 e. The first-order valence-electron chi connectivity index (χ1n) is 10.4. The van der Waals surface area contributed by atoms with E-state index in [4.69, 9.17) is 9.47 Å². The van der Waals surface area contributed by atoms with Crippen molar-refractivity contribution in [3.8, 4) is 11.5 Å². The quantitative estimate of drug-likeness (QED) is 0.788. The number of rotatable bonds is 3. The second-order valence-electron chi connectivity index (χ2n) is 8.44. The second kappa shape index (κ2) is 7.15. The number of piperidine rings is 1. The summed E-state index contributed by atoms with van der Waals surface area (Å²) in [6, 6.07) is 5.95. The molecule has 2 aliphatic heterocycles. The third kappa shape index (κ3) is 3.25. The minimum Gasteiger partial charge on any atom is -0.454 e. The van der Waals surface area contributed by atoms with Gasteiger partial charge < -0.3 is 20.1 Å². The van der Waals surface area contributed by atoms with Gasteiger partial charge in [0.05, 0.1) is 0 Å². The van der Waals surface area contributed by atoms with Gasteiger partial charge in [-0.25, -0.2) is 0 Å². The van der Waals surface area contributed by atoms with Crippen molar-refractivity contribution >= 4 is 17.9 Å². The van der Waals surface area contributed by atoms with E-state index in [-0.39, 0.29) is 36.6 Å². The topological polar surface area (TPSA) is 76.7 Å². The number of hydrogen-bond donors (Lipinski definition) is 2. The van der Waals surface area contributed by atoms with E-state index < -0.39 is 0 Å². The van der Waals surface area contributed by atoms with Gasteiger partial charge in [-0.05, 0) is 67.7 Å². The summed E-state index contributed by atoms with van der Waals surface area (Å²) in [6.45, 7) is 0.241. The van der Waals surface area contributed by atoms with Gasteiger partial charge in [-0.3, -0.25) is 9.59 Å². The molecule has 2 N–H and O–H groups in total. The lowest BCUT2D eigenvalue weighted by Crippen LogP contribution is -2.57. The van der Waals surface area contributed by atoms with E-state index >= 15 is 0 Å². The number of carbonyl (C=O) groups excluding carboxylic acids is 2. The first-order valence-corrected chi connectivity index (χ1v) is 10.4. The van der Waals surface area contributed by atoms with E-state index in [1.165, 1.54) is 12.8 Å². The van der Waals surface area contributed by atoms with E-state index in [1.807, 2.05) is 18.2 Å². The zero-order valence-corrected chi connectivity index (χ0v) is 15.9. The van der Waals surface area contributed by atoms with Gasteiger partial charge in [0, 0.05) is 24.1 Å². The molecule has 3 fully saturated rings. The van der Waals surface area contributed by atoms with E-state index in [0.717, 1.165) is 37.0 Å². The number of hydrogen-bond acceptors (Lipinski definition) is 4. The molecular formula is C22H26N2O4. The number of benzene rings is 1. The standard InChI is InChI=1S/C22H26N2O4/c25-21(9-5-13-4-8-19-20(10-13)28-12-27-19)23-14-6-7-16-15-2-1-3-17(15)22(26)24-18(16)11-14/h4-5,8-10,14-18H,1-3,6-7,11-12H2,(H,23,25)(H,24,26)/b9-5-. The normalized spacial score (nSPS) is 33.3. The van der Waals surface area contributed by atoms with Crippen molar-refractivity contribution < 1.29 is 19.1 Å². The number of ether oxygens (including phenoxy) is 2. The summed E-state index contributed by atoms with van der Waals surface area (Å²) in [6.07, 6.45) is 9.68. The lowest BCUT2D eigenvalue weighted by atomic mass is 9.68. The number of carbonyl (C=O) groups is 2. The Morgan fingerprint density at radius 2 is 2.00 bits per heavy atom. The van der Waals surface area contributed by atoms with E-state index in [1.54, 1.807) is 12.2 Å². The van der Waals surface area contributed by atoms with Gasteiger partial charge in [0.2, 0.25) is 18.6 Å².